The number of anilines is 1. The Hall–Kier alpha value is -1.52. The van der Waals surface area contributed by atoms with Gasteiger partial charge in [-0.3, -0.25) is 4.79 Å². The van der Waals surface area contributed by atoms with Gasteiger partial charge in [0, 0.05) is 13.5 Å². The topological polar surface area (TPSA) is 64.4 Å². The van der Waals surface area contributed by atoms with Crippen molar-refractivity contribution in [2.75, 3.05) is 12.4 Å². The first-order valence-corrected chi connectivity index (χ1v) is 5.60. The fourth-order valence-corrected chi connectivity index (χ4v) is 1.32. The van der Waals surface area contributed by atoms with Crippen molar-refractivity contribution in [3.05, 3.63) is 6.26 Å². The SMILES string of the molecule is CCCCCCC(=O)Oc1nocc1NC. The lowest BCUT2D eigenvalue weighted by atomic mass is 10.2. The third-order valence-corrected chi connectivity index (χ3v) is 2.25. The van der Waals surface area contributed by atoms with Crippen molar-refractivity contribution in [3.63, 3.8) is 0 Å². The second kappa shape index (κ2) is 6.87. The Kier molecular flexibility index (Phi) is 5.39. The standard InChI is InChI=1S/C11H18N2O3/c1-3-4-5-6-7-10(14)16-11-9(12-2)8-15-13-11/h8,12H,3-7H2,1-2H3. The molecule has 0 atom stereocenters. The van der Waals surface area contributed by atoms with Crippen LogP contribution < -0.4 is 10.1 Å². The average Bonchev–Trinajstić information content (AvgIpc) is 2.71. The minimum Gasteiger partial charge on any atom is -0.402 e. The van der Waals surface area contributed by atoms with Crippen LogP contribution in [0, 0.1) is 0 Å². The van der Waals surface area contributed by atoms with E-state index in [9.17, 15) is 4.79 Å². The van der Waals surface area contributed by atoms with Gasteiger partial charge in [-0.15, -0.1) is 0 Å². The molecular formula is C11H18N2O3. The number of unbranched alkanes of at least 4 members (excludes halogenated alkanes) is 3. The predicted molar refractivity (Wildman–Crippen MR) is 60.4 cm³/mol. The Bertz CT molecular complexity index is 323. The maximum Gasteiger partial charge on any atom is 0.312 e. The molecule has 90 valence electrons. The highest BCUT2D eigenvalue weighted by Crippen LogP contribution is 2.21. The number of hydrogen-bond acceptors (Lipinski definition) is 5. The van der Waals surface area contributed by atoms with Gasteiger partial charge in [-0.1, -0.05) is 26.2 Å². The van der Waals surface area contributed by atoms with E-state index in [1.54, 1.807) is 7.05 Å². The zero-order valence-electron chi connectivity index (χ0n) is 9.78. The van der Waals surface area contributed by atoms with Crippen LogP contribution in [0.5, 0.6) is 5.88 Å². The summed E-state index contributed by atoms with van der Waals surface area (Å²) in [5.74, 6) is -0.0514. The molecule has 0 fully saturated rings. The molecule has 0 aliphatic rings. The summed E-state index contributed by atoms with van der Waals surface area (Å²) >= 11 is 0. The van der Waals surface area contributed by atoms with Crippen molar-refractivity contribution in [1.82, 2.24) is 5.16 Å². The second-order valence-electron chi connectivity index (χ2n) is 3.57. The van der Waals surface area contributed by atoms with E-state index in [-0.39, 0.29) is 11.8 Å². The maximum absolute atomic E-state index is 11.4. The lowest BCUT2D eigenvalue weighted by Gasteiger charge is -2.02. The minimum absolute atomic E-state index is 0.211. The molecule has 1 heterocycles. The Balaban J connectivity index is 2.28. The van der Waals surface area contributed by atoms with E-state index in [2.05, 4.69) is 17.4 Å². The van der Waals surface area contributed by atoms with Crippen LogP contribution in [0.3, 0.4) is 0 Å². The van der Waals surface area contributed by atoms with Gasteiger partial charge in [0.15, 0.2) is 6.26 Å². The van der Waals surface area contributed by atoms with Crippen LogP contribution in [0.25, 0.3) is 0 Å². The van der Waals surface area contributed by atoms with Gasteiger partial charge in [0.05, 0.1) is 0 Å². The normalized spacial score (nSPS) is 10.1. The van der Waals surface area contributed by atoms with Gasteiger partial charge in [0.25, 0.3) is 5.88 Å². The van der Waals surface area contributed by atoms with Crippen molar-refractivity contribution in [1.29, 1.82) is 0 Å². The van der Waals surface area contributed by atoms with Crippen LogP contribution in [-0.4, -0.2) is 18.2 Å². The van der Waals surface area contributed by atoms with Gasteiger partial charge in [-0.25, -0.2) is 0 Å². The molecule has 1 N–H and O–H groups in total. The fourth-order valence-electron chi connectivity index (χ4n) is 1.32. The number of carbonyl (C=O) groups is 1. The zero-order chi connectivity index (χ0) is 11.8. The molecule has 0 aliphatic heterocycles. The molecular weight excluding hydrogens is 208 g/mol. The van der Waals surface area contributed by atoms with Crippen molar-refractivity contribution < 1.29 is 14.1 Å². The van der Waals surface area contributed by atoms with E-state index in [0.29, 0.717) is 12.1 Å². The summed E-state index contributed by atoms with van der Waals surface area (Å²) in [6.45, 7) is 2.13. The third kappa shape index (κ3) is 3.92. The van der Waals surface area contributed by atoms with Crippen LogP contribution in [0.1, 0.15) is 39.0 Å². The Morgan fingerprint density at radius 1 is 1.50 bits per heavy atom. The average molecular weight is 226 g/mol. The van der Waals surface area contributed by atoms with Crippen molar-refractivity contribution >= 4 is 11.7 Å². The van der Waals surface area contributed by atoms with Crippen LogP contribution in [0.2, 0.25) is 0 Å². The molecule has 1 aromatic rings. The molecule has 5 nitrogen and oxygen atoms in total. The highest BCUT2D eigenvalue weighted by atomic mass is 16.6. The number of rotatable bonds is 7. The van der Waals surface area contributed by atoms with Crippen molar-refractivity contribution in [2.24, 2.45) is 0 Å². The number of nitrogens with zero attached hydrogens (tertiary/aromatic N) is 1. The van der Waals surface area contributed by atoms with E-state index in [0.717, 1.165) is 25.7 Å². The number of nitrogens with one attached hydrogen (secondary N) is 1. The van der Waals surface area contributed by atoms with Gasteiger partial charge in [-0.2, -0.15) is 0 Å². The lowest BCUT2D eigenvalue weighted by Crippen LogP contribution is -2.08. The molecule has 0 aromatic carbocycles. The summed E-state index contributed by atoms with van der Waals surface area (Å²) in [5.41, 5.74) is 0.585. The molecule has 0 radical (unpaired) electrons. The van der Waals surface area contributed by atoms with E-state index in [1.807, 2.05) is 0 Å². The largest absolute Gasteiger partial charge is 0.402 e. The second-order valence-corrected chi connectivity index (χ2v) is 3.57. The molecule has 0 amide bonds. The van der Waals surface area contributed by atoms with E-state index in [4.69, 9.17) is 9.26 Å². The minimum atomic E-state index is -0.262. The highest BCUT2D eigenvalue weighted by Gasteiger charge is 2.12. The summed E-state index contributed by atoms with van der Waals surface area (Å²) in [6.07, 6.45) is 6.06. The number of ether oxygens (including phenoxy) is 1. The Morgan fingerprint density at radius 2 is 2.31 bits per heavy atom. The number of aromatic nitrogens is 1. The highest BCUT2D eigenvalue weighted by molar-refractivity contribution is 5.73. The van der Waals surface area contributed by atoms with E-state index < -0.39 is 0 Å². The molecule has 1 rings (SSSR count). The maximum atomic E-state index is 11.4. The fraction of sp³-hybridized carbons (Fsp3) is 0.636. The van der Waals surface area contributed by atoms with E-state index >= 15 is 0 Å². The van der Waals surface area contributed by atoms with Gasteiger partial charge in [-0.05, 0) is 11.6 Å². The first-order chi connectivity index (χ1) is 7.77. The summed E-state index contributed by atoms with van der Waals surface area (Å²) in [5, 5.41) is 6.41. The molecule has 1 aromatic heterocycles. The first kappa shape index (κ1) is 12.5. The predicted octanol–water partition coefficient (Wildman–Crippen LogP) is 2.59. The molecule has 5 heteroatoms. The van der Waals surface area contributed by atoms with E-state index in [1.165, 1.54) is 6.26 Å². The number of esters is 1. The van der Waals surface area contributed by atoms with Gasteiger partial charge in [0.2, 0.25) is 0 Å². The third-order valence-electron chi connectivity index (χ3n) is 2.25. The summed E-state index contributed by atoms with van der Waals surface area (Å²) in [6, 6.07) is 0. The van der Waals surface area contributed by atoms with Crippen LogP contribution in [0.15, 0.2) is 10.8 Å². The van der Waals surface area contributed by atoms with Gasteiger partial charge < -0.3 is 14.6 Å². The lowest BCUT2D eigenvalue weighted by molar-refractivity contribution is -0.134. The monoisotopic (exact) mass is 226 g/mol. The molecule has 16 heavy (non-hydrogen) atoms. The smallest absolute Gasteiger partial charge is 0.312 e. The van der Waals surface area contributed by atoms with Gasteiger partial charge >= 0.3 is 5.97 Å². The number of carbonyl (C=O) groups excluding carboxylic acids is 1. The molecule has 0 spiro atoms. The van der Waals surface area contributed by atoms with Crippen LogP contribution in [0.4, 0.5) is 5.69 Å². The Morgan fingerprint density at radius 3 is 3.00 bits per heavy atom. The number of hydrogen-bond donors (Lipinski definition) is 1. The molecule has 0 unspecified atom stereocenters. The Labute approximate surface area is 95.1 Å². The molecule has 0 aliphatic carbocycles. The van der Waals surface area contributed by atoms with Crippen LogP contribution in [-0.2, 0) is 4.79 Å². The zero-order valence-corrected chi connectivity index (χ0v) is 9.78. The van der Waals surface area contributed by atoms with Crippen molar-refractivity contribution in [2.45, 2.75) is 39.0 Å². The van der Waals surface area contributed by atoms with Crippen molar-refractivity contribution in [3.8, 4) is 5.88 Å². The quantitative estimate of drug-likeness (QED) is 0.572. The molecule has 0 bridgehead atoms. The summed E-state index contributed by atoms with van der Waals surface area (Å²) < 4.78 is 9.74. The molecule has 0 saturated heterocycles. The van der Waals surface area contributed by atoms with Crippen LogP contribution >= 0.6 is 0 Å². The summed E-state index contributed by atoms with van der Waals surface area (Å²) in [4.78, 5) is 11.4. The first-order valence-electron chi connectivity index (χ1n) is 5.60. The molecule has 0 saturated carbocycles. The van der Waals surface area contributed by atoms with Gasteiger partial charge in [0.1, 0.15) is 5.69 Å². The summed E-state index contributed by atoms with van der Waals surface area (Å²) in [7, 11) is 1.71.